The monoisotopic (exact) mass is 446 g/mol. The van der Waals surface area contributed by atoms with Crippen LogP contribution in [0.1, 0.15) is 63.8 Å². The second kappa shape index (κ2) is 6.65. The van der Waals surface area contributed by atoms with Gasteiger partial charge in [-0.25, -0.2) is 19.6 Å². The Balaban J connectivity index is 1.34. The summed E-state index contributed by atoms with van der Waals surface area (Å²) in [4.78, 5) is 23.6. The zero-order valence-corrected chi connectivity index (χ0v) is 20.0. The highest BCUT2D eigenvalue weighted by atomic mass is 17.2. The first kappa shape index (κ1) is 21.3. The smallest absolute Gasteiger partial charge is 0.150 e. The van der Waals surface area contributed by atoms with Crippen LogP contribution in [0.3, 0.4) is 0 Å². The summed E-state index contributed by atoms with van der Waals surface area (Å²) in [7, 11) is 0. The second-order valence-corrected chi connectivity index (χ2v) is 10.3. The summed E-state index contributed by atoms with van der Waals surface area (Å²) in [5, 5.41) is 0. The first-order chi connectivity index (χ1) is 15.6. The summed E-state index contributed by atoms with van der Waals surface area (Å²) in [5.41, 5.74) is 3.99. The van der Waals surface area contributed by atoms with Crippen LogP contribution in [0.25, 0.3) is 0 Å². The second-order valence-electron chi connectivity index (χ2n) is 10.3. The molecule has 0 amide bonds. The summed E-state index contributed by atoms with van der Waals surface area (Å²) in [6.45, 7) is 12.3. The number of fused-ring (bicyclic) bond motifs is 2. The minimum Gasteiger partial charge on any atom is -0.367 e. The Morgan fingerprint density at radius 3 is 1.33 bits per heavy atom. The molecule has 2 aromatic carbocycles. The maximum atomic E-state index is 6.68. The Morgan fingerprint density at radius 2 is 0.939 bits per heavy atom. The topological polar surface area (TPSA) is 46.2 Å². The average Bonchev–Trinajstić information content (AvgIpc) is 2.81. The van der Waals surface area contributed by atoms with Crippen molar-refractivity contribution in [2.45, 2.75) is 76.2 Å². The first-order valence-corrected chi connectivity index (χ1v) is 11.7. The van der Waals surface area contributed by atoms with Crippen molar-refractivity contribution in [1.29, 1.82) is 0 Å². The molecule has 0 radical (unpaired) electrons. The molecular weight excluding hydrogens is 416 g/mol. The molecule has 2 unspecified atom stereocenters. The molecule has 0 aromatic heterocycles. The molecule has 0 saturated carbocycles. The predicted octanol–water partition coefficient (Wildman–Crippen LogP) is 5.84. The highest BCUT2D eigenvalue weighted by Gasteiger charge is 2.55. The van der Waals surface area contributed by atoms with Crippen LogP contribution in [0.5, 0.6) is 0 Å². The molecule has 0 spiro atoms. The van der Waals surface area contributed by atoms with Crippen molar-refractivity contribution in [3.05, 3.63) is 94.1 Å². The van der Waals surface area contributed by atoms with E-state index in [0.29, 0.717) is 0 Å². The summed E-state index contributed by atoms with van der Waals surface area (Å²) in [5.74, 6) is 0. The third-order valence-corrected chi connectivity index (χ3v) is 7.96. The van der Waals surface area contributed by atoms with Gasteiger partial charge >= 0.3 is 0 Å². The minimum atomic E-state index is -0.699. The van der Waals surface area contributed by atoms with Crippen molar-refractivity contribution >= 4 is 0 Å². The van der Waals surface area contributed by atoms with Gasteiger partial charge < -0.3 is 4.74 Å². The Bertz CT molecular complexity index is 1120. The molecule has 33 heavy (non-hydrogen) atoms. The van der Waals surface area contributed by atoms with Crippen LogP contribution < -0.4 is 0 Å². The van der Waals surface area contributed by atoms with E-state index < -0.39 is 22.4 Å². The molecule has 4 aliphatic heterocycles. The summed E-state index contributed by atoms with van der Waals surface area (Å²) >= 11 is 0. The van der Waals surface area contributed by atoms with Crippen LogP contribution in [0.2, 0.25) is 0 Å². The van der Waals surface area contributed by atoms with E-state index in [0.717, 1.165) is 33.4 Å². The molecular formula is C28H30O5. The third-order valence-electron chi connectivity index (χ3n) is 7.96. The zero-order chi connectivity index (χ0) is 23.2. The lowest BCUT2D eigenvalue weighted by molar-refractivity contribution is -0.422. The molecule has 6 atom stereocenters. The Kier molecular flexibility index (Phi) is 4.28. The molecule has 5 heteroatoms. The van der Waals surface area contributed by atoms with E-state index in [4.69, 9.17) is 24.3 Å². The van der Waals surface area contributed by atoms with Gasteiger partial charge in [-0.1, -0.05) is 48.5 Å². The molecule has 0 saturated heterocycles. The largest absolute Gasteiger partial charge is 0.367 e. The highest BCUT2D eigenvalue weighted by Crippen LogP contribution is 2.55. The molecule has 172 valence electrons. The van der Waals surface area contributed by atoms with Gasteiger partial charge in [0.2, 0.25) is 0 Å². The maximum Gasteiger partial charge on any atom is 0.150 e. The quantitative estimate of drug-likeness (QED) is 0.436. The van der Waals surface area contributed by atoms with E-state index in [-0.39, 0.29) is 12.2 Å². The van der Waals surface area contributed by atoms with Crippen molar-refractivity contribution in [3.63, 3.8) is 0 Å². The van der Waals surface area contributed by atoms with Gasteiger partial charge in [0, 0.05) is 0 Å². The number of hydrogen-bond donors (Lipinski definition) is 0. The van der Waals surface area contributed by atoms with Crippen LogP contribution in [0.4, 0.5) is 0 Å². The van der Waals surface area contributed by atoms with Gasteiger partial charge in [-0.05, 0) is 87.1 Å². The molecule has 6 aliphatic rings. The van der Waals surface area contributed by atoms with Crippen LogP contribution in [-0.2, 0) is 46.7 Å². The van der Waals surface area contributed by atoms with Crippen LogP contribution in [-0.4, -0.2) is 12.2 Å². The van der Waals surface area contributed by atoms with Gasteiger partial charge in [0.15, 0.2) is 0 Å². The number of rotatable bonds is 4. The van der Waals surface area contributed by atoms with E-state index in [1.54, 1.807) is 0 Å². The highest BCUT2D eigenvalue weighted by molar-refractivity contribution is 5.52. The lowest BCUT2D eigenvalue weighted by Crippen LogP contribution is -2.51. The fourth-order valence-corrected chi connectivity index (χ4v) is 6.13. The molecule has 2 aliphatic carbocycles. The molecule has 4 heterocycles. The van der Waals surface area contributed by atoms with E-state index >= 15 is 0 Å². The fraction of sp³-hybridized carbons (Fsp3) is 0.429. The fourth-order valence-electron chi connectivity index (χ4n) is 6.13. The summed E-state index contributed by atoms with van der Waals surface area (Å²) in [6, 6.07) is 16.6. The molecule has 5 nitrogen and oxygen atoms in total. The van der Waals surface area contributed by atoms with Crippen LogP contribution >= 0.6 is 0 Å². The van der Waals surface area contributed by atoms with Gasteiger partial charge in [-0.2, -0.15) is 0 Å². The van der Waals surface area contributed by atoms with Gasteiger partial charge in [0.25, 0.3) is 0 Å². The van der Waals surface area contributed by atoms with E-state index in [9.17, 15) is 0 Å². The third kappa shape index (κ3) is 2.71. The van der Waals surface area contributed by atoms with Crippen molar-refractivity contribution in [2.24, 2.45) is 0 Å². The Morgan fingerprint density at radius 1 is 0.576 bits per heavy atom. The number of hydrogen-bond acceptors (Lipinski definition) is 5. The van der Waals surface area contributed by atoms with Crippen molar-refractivity contribution < 1.29 is 24.3 Å². The lowest BCUT2D eigenvalue weighted by atomic mass is 9.70. The number of ether oxygens (including phenoxy) is 1. The molecule has 0 N–H and O–H groups in total. The molecule has 8 rings (SSSR count). The summed E-state index contributed by atoms with van der Waals surface area (Å²) in [6.07, 6.45) is 3.93. The maximum absolute atomic E-state index is 6.68. The SMILES string of the molecule is CC(OC(C)C1=C[C@]2(C)OO[C@@]1(C)c1ccccc12)C1=C[C@@]2(C)OO[C@]1(C)c1ccccc12. The van der Waals surface area contributed by atoms with Crippen molar-refractivity contribution in [2.75, 3.05) is 0 Å². The van der Waals surface area contributed by atoms with Gasteiger partial charge in [-0.3, -0.25) is 0 Å². The summed E-state index contributed by atoms with van der Waals surface area (Å²) < 4.78 is 6.68. The van der Waals surface area contributed by atoms with Gasteiger partial charge in [0.05, 0.1) is 12.2 Å². The lowest BCUT2D eigenvalue weighted by Gasteiger charge is -2.51. The van der Waals surface area contributed by atoms with Crippen molar-refractivity contribution in [1.82, 2.24) is 0 Å². The van der Waals surface area contributed by atoms with E-state index in [1.807, 2.05) is 38.1 Å². The van der Waals surface area contributed by atoms with Crippen molar-refractivity contribution in [3.8, 4) is 0 Å². The van der Waals surface area contributed by atoms with Crippen LogP contribution in [0.15, 0.2) is 71.8 Å². The Hall–Kier alpha value is -2.28. The standard InChI is InChI=1S/C28H30O5/c1-17(23-15-25(3)19-11-7-9-13-21(19)27(23,5)32-30-25)29-18(2)24-16-26(4)20-12-8-10-14-22(20)28(24,6)33-31-26/h7-18H,1-6H3/t17?,18?,25-,26+,27-,28+. The van der Waals surface area contributed by atoms with Gasteiger partial charge in [-0.15, -0.1) is 0 Å². The Labute approximate surface area is 194 Å². The van der Waals surface area contributed by atoms with E-state index in [2.05, 4.69) is 64.1 Å². The molecule has 0 fully saturated rings. The molecule has 4 bridgehead atoms. The van der Waals surface area contributed by atoms with Crippen LogP contribution in [0, 0.1) is 0 Å². The van der Waals surface area contributed by atoms with Gasteiger partial charge in [0.1, 0.15) is 22.4 Å². The first-order valence-electron chi connectivity index (χ1n) is 11.7. The molecule has 2 aromatic rings. The van der Waals surface area contributed by atoms with E-state index in [1.165, 1.54) is 0 Å². The average molecular weight is 447 g/mol. The number of benzene rings is 2. The zero-order valence-electron chi connectivity index (χ0n) is 20.0. The minimum absolute atomic E-state index is 0.199. The normalized spacial score (nSPS) is 37.6. The predicted molar refractivity (Wildman–Crippen MR) is 123 cm³/mol.